The van der Waals surface area contributed by atoms with E-state index in [1.165, 1.54) is 63.4 Å². The number of aromatic nitrogens is 2. The first-order valence-electron chi connectivity index (χ1n) is 16.7. The molecule has 7 heteroatoms. The van der Waals surface area contributed by atoms with Gasteiger partial charge in [-0.3, -0.25) is 9.52 Å². The number of carbonyl (C=O) groups excluding carboxylic acids is 1. The van der Waals surface area contributed by atoms with Crippen LogP contribution in [-0.4, -0.2) is 30.2 Å². The standard InChI is InChI=1S/C26H47N.C9H7N3O2S/c1-6-19-17-20-23-11-10-21(18(2)13-16-27-5)26(23,4)15-12-24(20)25(3)14-8-7-9-22(19)25;13-5-11-15-8-3-1-2-7(4-8)9-12-10-6-14-9/h18-24,27H,6-17H2,1-5H3;1-6H,(H,11,13)/t18-,19+,20?,21?,22?,23?,24+,25?,26?;/m1./s1. The van der Waals surface area contributed by atoms with Crippen LogP contribution in [0.1, 0.15) is 98.3 Å². The molecule has 0 spiro atoms. The maximum absolute atomic E-state index is 10.1. The molecule has 0 radical (unpaired) electrons. The maximum Gasteiger partial charge on any atom is 0.247 e. The number of benzene rings is 1. The second-order valence-electron chi connectivity index (χ2n) is 14.3. The van der Waals surface area contributed by atoms with Crippen LogP contribution >= 0.6 is 11.9 Å². The molecular weight excluding hydrogens is 540 g/mol. The summed E-state index contributed by atoms with van der Waals surface area (Å²) in [5, 5.41) is 10.8. The molecule has 0 bridgehead atoms. The Morgan fingerprint density at radius 3 is 2.67 bits per heavy atom. The Kier molecular flexibility index (Phi) is 10.4. The molecule has 0 saturated heterocycles. The Labute approximate surface area is 258 Å². The topological polar surface area (TPSA) is 80.0 Å². The quantitative estimate of drug-likeness (QED) is 0.224. The van der Waals surface area contributed by atoms with Crippen LogP contribution in [-0.2, 0) is 4.79 Å². The van der Waals surface area contributed by atoms with E-state index in [1.807, 2.05) is 24.3 Å². The van der Waals surface area contributed by atoms with E-state index >= 15 is 0 Å². The molecule has 4 saturated carbocycles. The summed E-state index contributed by atoms with van der Waals surface area (Å²) in [5.41, 5.74) is 2.15. The molecule has 0 aliphatic heterocycles. The minimum absolute atomic E-state index is 0.462. The van der Waals surface area contributed by atoms with Crippen molar-refractivity contribution in [1.82, 2.24) is 20.2 Å². The third kappa shape index (κ3) is 6.20. The summed E-state index contributed by atoms with van der Waals surface area (Å²) in [5.74, 6) is 7.55. The van der Waals surface area contributed by atoms with Crippen LogP contribution < -0.4 is 10.0 Å². The first-order chi connectivity index (χ1) is 20.4. The molecule has 1 aromatic carbocycles. The van der Waals surface area contributed by atoms with E-state index in [1.54, 1.807) is 32.1 Å². The average molecular weight is 595 g/mol. The molecule has 1 heterocycles. The highest BCUT2D eigenvalue weighted by molar-refractivity contribution is 7.97. The summed E-state index contributed by atoms with van der Waals surface area (Å²) in [6.07, 6.45) is 18.6. The fourth-order valence-corrected chi connectivity index (χ4v) is 11.2. The van der Waals surface area contributed by atoms with Crippen molar-refractivity contribution >= 4 is 18.4 Å². The van der Waals surface area contributed by atoms with Gasteiger partial charge in [-0.05, 0) is 147 Å². The van der Waals surface area contributed by atoms with Gasteiger partial charge in [-0.25, -0.2) is 0 Å². The molecular formula is C35H54N4O2S. The van der Waals surface area contributed by atoms with Gasteiger partial charge in [0.25, 0.3) is 0 Å². The fraction of sp³-hybridized carbons (Fsp3) is 0.743. The highest BCUT2D eigenvalue weighted by atomic mass is 32.2. The van der Waals surface area contributed by atoms with Crippen molar-refractivity contribution in [1.29, 1.82) is 0 Å². The zero-order valence-corrected chi connectivity index (χ0v) is 27.4. The summed E-state index contributed by atoms with van der Waals surface area (Å²) in [7, 11) is 2.12. The van der Waals surface area contributed by atoms with Crippen LogP contribution in [0.25, 0.3) is 11.5 Å². The first-order valence-corrected chi connectivity index (χ1v) is 17.5. The molecule has 4 aliphatic carbocycles. The molecule has 232 valence electrons. The molecule has 2 aromatic rings. The van der Waals surface area contributed by atoms with Gasteiger partial charge < -0.3 is 9.73 Å². The number of nitrogens with one attached hydrogen (secondary N) is 2. The predicted molar refractivity (Wildman–Crippen MR) is 171 cm³/mol. The Hall–Kier alpha value is -1.86. The largest absolute Gasteiger partial charge is 0.423 e. The number of amides is 1. The SMILES string of the molecule is CC[C@H]1CC2C3CCC([C@H](C)CCNC)C3(C)CC[C@@H]2C2(C)CCCCC12.O=CNSc1cccc(-c2nnco2)c1. The number of hydrogen-bond donors (Lipinski definition) is 2. The smallest absolute Gasteiger partial charge is 0.247 e. The Bertz CT molecular complexity index is 1140. The van der Waals surface area contributed by atoms with E-state index in [4.69, 9.17) is 4.42 Å². The lowest BCUT2D eigenvalue weighted by Gasteiger charge is -2.63. The monoisotopic (exact) mass is 594 g/mol. The van der Waals surface area contributed by atoms with Gasteiger partial charge in [0.15, 0.2) is 0 Å². The van der Waals surface area contributed by atoms with E-state index in [9.17, 15) is 4.79 Å². The Morgan fingerprint density at radius 2 is 1.93 bits per heavy atom. The van der Waals surface area contributed by atoms with Gasteiger partial charge in [-0.2, -0.15) is 0 Å². The molecule has 6 nitrogen and oxygen atoms in total. The highest BCUT2D eigenvalue weighted by Crippen LogP contribution is 2.69. The summed E-state index contributed by atoms with van der Waals surface area (Å²) in [4.78, 5) is 11.0. The molecule has 2 N–H and O–H groups in total. The summed E-state index contributed by atoms with van der Waals surface area (Å²) in [6.45, 7) is 11.7. The maximum atomic E-state index is 10.1. The number of nitrogens with zero attached hydrogens (tertiary/aromatic N) is 2. The number of rotatable bonds is 9. The minimum atomic E-state index is 0.462. The molecule has 42 heavy (non-hydrogen) atoms. The normalized spacial score (nSPS) is 36.0. The molecule has 1 aromatic heterocycles. The van der Waals surface area contributed by atoms with Crippen molar-refractivity contribution < 1.29 is 9.21 Å². The summed E-state index contributed by atoms with van der Waals surface area (Å²) >= 11 is 1.22. The Morgan fingerprint density at radius 1 is 1.10 bits per heavy atom. The van der Waals surface area contributed by atoms with Gasteiger partial charge in [0, 0.05) is 10.5 Å². The second kappa shape index (κ2) is 13.8. The number of fused-ring (bicyclic) bond motifs is 5. The van der Waals surface area contributed by atoms with E-state index < -0.39 is 0 Å². The number of hydrogen-bond acceptors (Lipinski definition) is 6. The van der Waals surface area contributed by atoms with Gasteiger partial charge in [0.2, 0.25) is 18.7 Å². The van der Waals surface area contributed by atoms with Crippen molar-refractivity contribution in [3.63, 3.8) is 0 Å². The molecule has 4 fully saturated rings. The third-order valence-corrected chi connectivity index (χ3v) is 13.3. The van der Waals surface area contributed by atoms with Crippen LogP contribution in [0.15, 0.2) is 40.0 Å². The highest BCUT2D eigenvalue weighted by Gasteiger charge is 2.61. The van der Waals surface area contributed by atoms with Crippen molar-refractivity contribution in [2.45, 2.75) is 103 Å². The van der Waals surface area contributed by atoms with Crippen LogP contribution in [0.5, 0.6) is 0 Å². The van der Waals surface area contributed by atoms with Gasteiger partial charge >= 0.3 is 0 Å². The van der Waals surface area contributed by atoms with Gasteiger partial charge in [0.05, 0.1) is 0 Å². The van der Waals surface area contributed by atoms with E-state index in [-0.39, 0.29) is 0 Å². The molecule has 6 rings (SSSR count). The molecule has 1 amide bonds. The number of carbonyl (C=O) groups is 1. The Balaban J connectivity index is 0.000000199. The summed E-state index contributed by atoms with van der Waals surface area (Å²) in [6, 6.07) is 7.45. The fourth-order valence-electron chi connectivity index (χ4n) is 10.7. The van der Waals surface area contributed by atoms with Crippen LogP contribution in [0.2, 0.25) is 0 Å². The molecule has 4 aliphatic rings. The van der Waals surface area contributed by atoms with Crippen LogP contribution in [0, 0.1) is 52.3 Å². The molecule has 9 atom stereocenters. The van der Waals surface area contributed by atoms with Crippen LogP contribution in [0.4, 0.5) is 0 Å². The lowest BCUT2D eigenvalue weighted by atomic mass is 9.42. The minimum Gasteiger partial charge on any atom is -0.423 e. The first kappa shape index (κ1) is 31.6. The zero-order valence-electron chi connectivity index (χ0n) is 26.6. The van der Waals surface area contributed by atoms with E-state index in [0.29, 0.717) is 23.1 Å². The van der Waals surface area contributed by atoms with E-state index in [2.05, 4.69) is 55.0 Å². The van der Waals surface area contributed by atoms with Crippen molar-refractivity contribution in [2.24, 2.45) is 52.3 Å². The second-order valence-corrected chi connectivity index (χ2v) is 15.3. The lowest BCUT2D eigenvalue weighted by Crippen LogP contribution is -2.55. The third-order valence-electron chi connectivity index (χ3n) is 12.6. The predicted octanol–water partition coefficient (Wildman–Crippen LogP) is 8.41. The van der Waals surface area contributed by atoms with Crippen molar-refractivity contribution in [3.8, 4) is 11.5 Å². The lowest BCUT2D eigenvalue weighted by molar-refractivity contribution is -0.138. The summed E-state index contributed by atoms with van der Waals surface area (Å²) < 4.78 is 7.56. The van der Waals surface area contributed by atoms with Crippen molar-refractivity contribution in [3.05, 3.63) is 30.7 Å². The zero-order chi connectivity index (χ0) is 29.7. The van der Waals surface area contributed by atoms with Gasteiger partial charge in [-0.15, -0.1) is 10.2 Å². The van der Waals surface area contributed by atoms with Crippen molar-refractivity contribution in [2.75, 3.05) is 13.6 Å². The van der Waals surface area contributed by atoms with Crippen LogP contribution in [0.3, 0.4) is 0 Å². The molecule has 6 unspecified atom stereocenters. The average Bonchev–Trinajstić information content (AvgIpc) is 3.67. The van der Waals surface area contributed by atoms with E-state index in [0.717, 1.165) is 51.9 Å². The van der Waals surface area contributed by atoms with Gasteiger partial charge in [-0.1, -0.05) is 53.0 Å². The van der Waals surface area contributed by atoms with Gasteiger partial charge in [0.1, 0.15) is 0 Å².